The molecule has 0 aliphatic rings. The van der Waals surface area contributed by atoms with Gasteiger partial charge in [-0.1, -0.05) is 23.2 Å². The van der Waals surface area contributed by atoms with E-state index in [1.165, 1.54) is 24.3 Å². The monoisotopic (exact) mass is 840 g/mol. The van der Waals surface area contributed by atoms with Crippen molar-refractivity contribution in [2.24, 2.45) is 10.7 Å². The summed E-state index contributed by atoms with van der Waals surface area (Å²) in [6.45, 7) is 6.91. The van der Waals surface area contributed by atoms with Gasteiger partial charge in [-0.2, -0.15) is 10.2 Å². The number of guanidine groups is 1. The van der Waals surface area contributed by atoms with Crippen molar-refractivity contribution in [1.82, 2.24) is 31.0 Å². The van der Waals surface area contributed by atoms with Crippen LogP contribution in [-0.2, 0) is 0 Å². The summed E-state index contributed by atoms with van der Waals surface area (Å²) in [6, 6.07) is 21.2. The Kier molecular flexibility index (Phi) is 15.1. The number of H-pyrrole nitrogens is 2. The van der Waals surface area contributed by atoms with Crippen LogP contribution in [0.2, 0.25) is 10.0 Å². The highest BCUT2D eigenvalue weighted by molar-refractivity contribution is 7.80. The highest BCUT2D eigenvalue weighted by Crippen LogP contribution is 2.22. The second-order valence-electron chi connectivity index (χ2n) is 13.5. The zero-order valence-electron chi connectivity index (χ0n) is 31.0. The molecule has 0 spiro atoms. The summed E-state index contributed by atoms with van der Waals surface area (Å²) in [7, 11) is 0. The lowest BCUT2D eigenvalue weighted by Crippen LogP contribution is -2.37. The first-order chi connectivity index (χ1) is 26.8. The molecule has 0 saturated heterocycles. The molecule has 0 bridgehead atoms. The van der Waals surface area contributed by atoms with Crippen molar-refractivity contribution in [2.45, 2.75) is 38.9 Å². The fourth-order valence-electron chi connectivity index (χ4n) is 4.37. The van der Waals surface area contributed by atoms with Gasteiger partial charge in [0.15, 0.2) is 16.7 Å². The van der Waals surface area contributed by atoms with Gasteiger partial charge in [-0.15, -0.1) is 0 Å². The number of rotatable bonds is 7. The molecule has 2 amide bonds. The number of halogens is 4. The molecule has 0 aliphatic carbocycles. The summed E-state index contributed by atoms with van der Waals surface area (Å²) in [5, 5.41) is 45.5. The van der Waals surface area contributed by atoms with Crippen LogP contribution in [0, 0.1) is 11.6 Å². The van der Waals surface area contributed by atoms with Crippen molar-refractivity contribution >= 4 is 91.7 Å². The van der Waals surface area contributed by atoms with E-state index in [9.17, 15) is 23.5 Å². The molecule has 4 aromatic carbocycles. The van der Waals surface area contributed by atoms with E-state index in [2.05, 4.69) is 46.7 Å². The van der Waals surface area contributed by atoms with Crippen molar-refractivity contribution in [3.05, 3.63) is 118 Å². The first-order valence-corrected chi connectivity index (χ1v) is 18.1. The largest absolute Gasteiger partial charge is 0.389 e. The minimum absolute atomic E-state index is 0.0349. The molecule has 0 atom stereocenters. The van der Waals surface area contributed by atoms with Crippen LogP contribution in [0.4, 0.5) is 20.4 Å². The molecule has 0 saturated carbocycles. The molecule has 6 aromatic rings. The molecular weight excluding hydrogens is 801 g/mol. The summed E-state index contributed by atoms with van der Waals surface area (Å²) in [4.78, 5) is 28.8. The normalized spacial score (nSPS) is 11.5. The Hall–Kier alpha value is -5.56. The van der Waals surface area contributed by atoms with Crippen molar-refractivity contribution in [2.75, 3.05) is 23.7 Å². The molecule has 2 heterocycles. The number of fused-ring (bicyclic) bond motifs is 2. The van der Waals surface area contributed by atoms with Gasteiger partial charge < -0.3 is 26.6 Å². The van der Waals surface area contributed by atoms with Gasteiger partial charge in [0.1, 0.15) is 11.6 Å². The zero-order chi connectivity index (χ0) is 41.9. The smallest absolute Gasteiger partial charge is 0.257 e. The second kappa shape index (κ2) is 19.5. The molecule has 300 valence electrons. The van der Waals surface area contributed by atoms with Gasteiger partial charge in [0.25, 0.3) is 11.8 Å². The maximum Gasteiger partial charge on any atom is 0.257 e. The van der Waals surface area contributed by atoms with Gasteiger partial charge in [0.2, 0.25) is 5.96 Å². The van der Waals surface area contributed by atoms with Gasteiger partial charge in [0.05, 0.1) is 28.8 Å². The topological polar surface area (TPSA) is 218 Å². The van der Waals surface area contributed by atoms with Crippen LogP contribution in [-0.4, -0.2) is 77.8 Å². The van der Waals surface area contributed by atoms with Crippen LogP contribution in [0.5, 0.6) is 0 Å². The quantitative estimate of drug-likeness (QED) is 0.0481. The first kappa shape index (κ1) is 44.2. The van der Waals surface area contributed by atoms with Crippen molar-refractivity contribution in [1.29, 1.82) is 0 Å². The minimum atomic E-state index is -1.07. The maximum atomic E-state index is 13.4. The number of aliphatic imine (C=N–C) groups is 1. The minimum Gasteiger partial charge on any atom is -0.389 e. The number of nitrogens with zero attached hydrogens (tertiary/aromatic N) is 3. The molecule has 0 fully saturated rings. The number of carbonyl (C=O) groups excluding carboxylic acids is 2. The summed E-state index contributed by atoms with van der Waals surface area (Å²) in [5.41, 5.74) is 5.13. The average molecular weight is 842 g/mol. The molecule has 57 heavy (non-hydrogen) atoms. The van der Waals surface area contributed by atoms with Crippen LogP contribution in [0.15, 0.2) is 89.9 Å². The van der Waals surface area contributed by atoms with E-state index < -0.39 is 22.9 Å². The molecule has 10 N–H and O–H groups in total. The third-order valence-electron chi connectivity index (χ3n) is 7.31. The Bertz CT molecular complexity index is 2360. The number of carbonyl (C=O) groups is 2. The Morgan fingerprint density at radius 1 is 0.737 bits per heavy atom. The molecule has 2 aromatic heterocycles. The number of nitrogens with one attached hydrogen (secondary N) is 6. The fraction of sp³-hybridized carbons (Fsp3) is 0.211. The average Bonchev–Trinajstić information content (AvgIpc) is 3.73. The van der Waals surface area contributed by atoms with Crippen molar-refractivity contribution in [3.8, 4) is 0 Å². The van der Waals surface area contributed by atoms with E-state index in [0.29, 0.717) is 61.2 Å². The van der Waals surface area contributed by atoms with E-state index in [0.717, 1.165) is 0 Å². The third kappa shape index (κ3) is 14.2. The first-order valence-electron chi connectivity index (χ1n) is 17.0. The molecule has 19 heteroatoms. The number of anilines is 2. The number of amides is 2. The number of aromatic amines is 2. The molecular formula is C38H40Cl2F2N10O4S. The lowest BCUT2D eigenvalue weighted by molar-refractivity contribution is 0.0894. The van der Waals surface area contributed by atoms with Gasteiger partial charge in [-0.05, 0) is 125 Å². The number of nitrogens with two attached hydrogens (primary N) is 1. The van der Waals surface area contributed by atoms with E-state index in [-0.39, 0.29) is 29.3 Å². The Balaban J connectivity index is 0.000000224. The number of aliphatic hydroxyl groups is 2. The maximum absolute atomic E-state index is 13.4. The standard InChI is InChI=1S/C19H19ClFN5O2.C15H10ClFN4OS.C4H11NO/c1-19(2,28)10-22-18(24-17(27)11-3-5-12(20)6-4-11)23-16-14-8-7-13(21)9-15(14)25-26-16;16-9-3-1-8(2-4-9)14(22)19-15(23)18-13-11-6-5-10(17)7-12(11)20-21-13;1-4(2,6)3-5/h3-9,28H,10H2,1-2H3,(H3,22,23,24,25,26,27);1-7H,(H3,18,19,20,21,22,23);6H,3,5H2,1-2H3. The van der Waals surface area contributed by atoms with E-state index in [1.54, 1.807) is 88.4 Å². The fourth-order valence-corrected chi connectivity index (χ4v) is 4.81. The summed E-state index contributed by atoms with van der Waals surface area (Å²) in [6.07, 6.45) is 0. The Labute approximate surface area is 341 Å². The predicted molar refractivity (Wildman–Crippen MR) is 224 cm³/mol. The lowest BCUT2D eigenvalue weighted by Gasteiger charge is -2.16. The van der Waals surface area contributed by atoms with Crippen molar-refractivity contribution in [3.63, 3.8) is 0 Å². The second-order valence-corrected chi connectivity index (χ2v) is 14.8. The number of hydrogen-bond acceptors (Lipinski definition) is 9. The number of thiocarbonyl (C=S) groups is 1. The Morgan fingerprint density at radius 3 is 1.58 bits per heavy atom. The van der Waals surface area contributed by atoms with E-state index >= 15 is 0 Å². The summed E-state index contributed by atoms with van der Waals surface area (Å²) < 4.78 is 26.5. The predicted octanol–water partition coefficient (Wildman–Crippen LogP) is 6.52. The summed E-state index contributed by atoms with van der Waals surface area (Å²) in [5.74, 6) is -0.683. The van der Waals surface area contributed by atoms with Gasteiger partial charge in [-0.3, -0.25) is 30.4 Å². The van der Waals surface area contributed by atoms with Gasteiger partial charge in [-0.25, -0.2) is 13.8 Å². The number of benzene rings is 4. The highest BCUT2D eigenvalue weighted by Gasteiger charge is 2.17. The summed E-state index contributed by atoms with van der Waals surface area (Å²) >= 11 is 16.7. The third-order valence-corrected chi connectivity index (χ3v) is 8.02. The van der Waals surface area contributed by atoms with Crippen LogP contribution in [0.25, 0.3) is 21.8 Å². The molecule has 0 radical (unpaired) electrons. The van der Waals surface area contributed by atoms with Gasteiger partial charge >= 0.3 is 0 Å². The lowest BCUT2D eigenvalue weighted by atomic mass is 10.1. The molecule has 6 rings (SSSR count). The zero-order valence-corrected chi connectivity index (χ0v) is 33.4. The van der Waals surface area contributed by atoms with Gasteiger partial charge in [0, 0.05) is 38.5 Å². The Morgan fingerprint density at radius 2 is 1.16 bits per heavy atom. The van der Waals surface area contributed by atoms with E-state index in [1.807, 2.05) is 0 Å². The molecule has 0 unspecified atom stereocenters. The number of aromatic nitrogens is 4. The van der Waals surface area contributed by atoms with Crippen LogP contribution < -0.4 is 27.0 Å². The highest BCUT2D eigenvalue weighted by atomic mass is 35.5. The van der Waals surface area contributed by atoms with Crippen molar-refractivity contribution < 1.29 is 28.6 Å². The van der Waals surface area contributed by atoms with Crippen LogP contribution >= 0.6 is 35.4 Å². The van der Waals surface area contributed by atoms with Crippen LogP contribution in [0.1, 0.15) is 48.4 Å². The number of hydrogen-bond donors (Lipinski definition) is 9. The van der Waals surface area contributed by atoms with E-state index in [4.69, 9.17) is 46.3 Å². The molecule has 0 aliphatic heterocycles. The molecule has 14 nitrogen and oxygen atoms in total. The van der Waals surface area contributed by atoms with Crippen LogP contribution in [0.3, 0.4) is 0 Å². The SMILES string of the molecule is CC(C)(O)CN.CC(C)(O)CN=C(NC(=O)c1ccc(Cl)cc1)Nc1n[nH]c2cc(F)ccc12.O=C(NC(=S)Nc1n[nH]c2cc(F)ccc12)c1ccc(Cl)cc1.